The summed E-state index contributed by atoms with van der Waals surface area (Å²) in [5, 5.41) is 8.01. The summed E-state index contributed by atoms with van der Waals surface area (Å²) < 4.78 is 18.3. The number of rotatable bonds is 6. The van der Waals surface area contributed by atoms with Crippen LogP contribution in [0.15, 0.2) is 18.2 Å². The number of methoxy groups -OCH3 is 1. The molecule has 1 aromatic heterocycles. The lowest BCUT2D eigenvalue weighted by Crippen LogP contribution is -2.30. The molecule has 2 heterocycles. The topological polar surface area (TPSA) is 57.5 Å². The third kappa shape index (κ3) is 3.42. The highest BCUT2D eigenvalue weighted by Gasteiger charge is 2.20. The van der Waals surface area contributed by atoms with Crippen molar-refractivity contribution in [2.75, 3.05) is 13.9 Å². The molecular formula is C17H23N3O3. The van der Waals surface area contributed by atoms with E-state index in [0.29, 0.717) is 17.5 Å². The fourth-order valence-corrected chi connectivity index (χ4v) is 2.76. The van der Waals surface area contributed by atoms with Crippen LogP contribution in [0.25, 0.3) is 0 Å². The van der Waals surface area contributed by atoms with Gasteiger partial charge >= 0.3 is 0 Å². The first kappa shape index (κ1) is 15.7. The second kappa shape index (κ2) is 6.50. The van der Waals surface area contributed by atoms with E-state index in [1.165, 1.54) is 5.69 Å². The molecule has 6 heteroatoms. The summed E-state index contributed by atoms with van der Waals surface area (Å²) in [7, 11) is 1.64. The Bertz CT molecular complexity index is 697. The molecule has 0 saturated carbocycles. The smallest absolute Gasteiger partial charge is 0.231 e. The van der Waals surface area contributed by atoms with Crippen LogP contribution in [0, 0.1) is 13.8 Å². The summed E-state index contributed by atoms with van der Waals surface area (Å²) in [6.45, 7) is 8.06. The van der Waals surface area contributed by atoms with Crippen molar-refractivity contribution in [2.45, 2.75) is 39.9 Å². The van der Waals surface area contributed by atoms with Crippen LogP contribution in [0.3, 0.4) is 0 Å². The molecule has 0 bridgehead atoms. The van der Waals surface area contributed by atoms with Crippen molar-refractivity contribution in [3.05, 3.63) is 35.2 Å². The first-order valence-corrected chi connectivity index (χ1v) is 7.77. The number of fused-ring (bicyclic) bond motifs is 1. The van der Waals surface area contributed by atoms with Crippen LogP contribution >= 0.6 is 0 Å². The summed E-state index contributed by atoms with van der Waals surface area (Å²) in [5.41, 5.74) is 3.34. The third-order valence-electron chi connectivity index (χ3n) is 3.92. The Morgan fingerprint density at radius 2 is 2.13 bits per heavy atom. The number of ether oxygens (including phenoxy) is 3. The van der Waals surface area contributed by atoms with Gasteiger partial charge in [-0.2, -0.15) is 5.10 Å². The summed E-state index contributed by atoms with van der Waals surface area (Å²) in [6.07, 6.45) is 0. The zero-order chi connectivity index (χ0) is 16.4. The minimum Gasteiger partial charge on any atom is -0.493 e. The lowest BCUT2D eigenvalue weighted by Gasteiger charge is -2.16. The fraction of sp³-hybridized carbons (Fsp3) is 0.471. The SMILES string of the molecule is COc1cc(CN[C@H](C)Cn2nc(C)cc2C)cc2c1OCO2. The van der Waals surface area contributed by atoms with Gasteiger partial charge in [0.2, 0.25) is 12.5 Å². The van der Waals surface area contributed by atoms with Gasteiger partial charge in [0.25, 0.3) is 0 Å². The van der Waals surface area contributed by atoms with Gasteiger partial charge in [0.15, 0.2) is 11.5 Å². The summed E-state index contributed by atoms with van der Waals surface area (Å²) in [4.78, 5) is 0. The van der Waals surface area contributed by atoms with Gasteiger partial charge in [0.1, 0.15) is 0 Å². The Hall–Kier alpha value is -2.21. The molecule has 1 N–H and O–H groups in total. The van der Waals surface area contributed by atoms with Crippen LogP contribution in [0.5, 0.6) is 17.2 Å². The molecule has 23 heavy (non-hydrogen) atoms. The van der Waals surface area contributed by atoms with Gasteiger partial charge in [0, 0.05) is 18.3 Å². The maximum absolute atomic E-state index is 5.46. The predicted molar refractivity (Wildman–Crippen MR) is 87.1 cm³/mol. The minimum absolute atomic E-state index is 0.247. The minimum atomic E-state index is 0.247. The Labute approximate surface area is 136 Å². The van der Waals surface area contributed by atoms with Crippen molar-refractivity contribution in [1.29, 1.82) is 0 Å². The summed E-state index contributed by atoms with van der Waals surface area (Å²) >= 11 is 0. The highest BCUT2D eigenvalue weighted by molar-refractivity contribution is 5.55. The Balaban J connectivity index is 1.63. The number of nitrogens with zero attached hydrogens (tertiary/aromatic N) is 2. The molecule has 3 rings (SSSR count). The molecule has 0 amide bonds. The van der Waals surface area contributed by atoms with E-state index >= 15 is 0 Å². The molecule has 0 saturated heterocycles. The van der Waals surface area contributed by atoms with E-state index in [2.05, 4.69) is 30.3 Å². The van der Waals surface area contributed by atoms with Crippen LogP contribution in [-0.2, 0) is 13.1 Å². The van der Waals surface area contributed by atoms with Crippen molar-refractivity contribution in [1.82, 2.24) is 15.1 Å². The largest absolute Gasteiger partial charge is 0.493 e. The normalized spacial score (nSPS) is 14.1. The van der Waals surface area contributed by atoms with Crippen molar-refractivity contribution in [3.63, 3.8) is 0 Å². The van der Waals surface area contributed by atoms with Gasteiger partial charge in [-0.25, -0.2) is 0 Å². The highest BCUT2D eigenvalue weighted by Crippen LogP contribution is 2.41. The molecule has 1 aromatic carbocycles. The van der Waals surface area contributed by atoms with E-state index in [1.54, 1.807) is 7.11 Å². The average molecular weight is 317 g/mol. The molecule has 0 radical (unpaired) electrons. The number of aryl methyl sites for hydroxylation is 2. The zero-order valence-corrected chi connectivity index (χ0v) is 14.0. The number of hydrogen-bond acceptors (Lipinski definition) is 5. The zero-order valence-electron chi connectivity index (χ0n) is 14.0. The Morgan fingerprint density at radius 1 is 1.30 bits per heavy atom. The van der Waals surface area contributed by atoms with E-state index in [-0.39, 0.29) is 6.79 Å². The van der Waals surface area contributed by atoms with E-state index in [0.717, 1.165) is 30.1 Å². The molecule has 0 aliphatic carbocycles. The lowest BCUT2D eigenvalue weighted by atomic mass is 10.1. The van der Waals surface area contributed by atoms with Gasteiger partial charge in [-0.05, 0) is 44.5 Å². The highest BCUT2D eigenvalue weighted by atomic mass is 16.7. The van der Waals surface area contributed by atoms with E-state index in [1.807, 2.05) is 23.7 Å². The molecule has 0 unspecified atom stereocenters. The molecule has 0 spiro atoms. The number of hydrogen-bond donors (Lipinski definition) is 1. The quantitative estimate of drug-likeness (QED) is 0.887. The van der Waals surface area contributed by atoms with Crippen molar-refractivity contribution >= 4 is 0 Å². The molecule has 1 atom stereocenters. The molecular weight excluding hydrogens is 294 g/mol. The van der Waals surface area contributed by atoms with Crippen LogP contribution in [-0.4, -0.2) is 29.7 Å². The first-order chi connectivity index (χ1) is 11.1. The van der Waals surface area contributed by atoms with Gasteiger partial charge in [-0.3, -0.25) is 4.68 Å². The van der Waals surface area contributed by atoms with Gasteiger partial charge in [-0.15, -0.1) is 0 Å². The molecule has 1 aliphatic rings. The molecule has 2 aromatic rings. The number of benzene rings is 1. The second-order valence-corrected chi connectivity index (χ2v) is 5.92. The van der Waals surface area contributed by atoms with Gasteiger partial charge in [-0.1, -0.05) is 0 Å². The van der Waals surface area contributed by atoms with Crippen molar-refractivity contribution in [3.8, 4) is 17.2 Å². The van der Waals surface area contributed by atoms with E-state index in [4.69, 9.17) is 14.2 Å². The van der Waals surface area contributed by atoms with Gasteiger partial charge < -0.3 is 19.5 Å². The van der Waals surface area contributed by atoms with Crippen LogP contribution in [0.1, 0.15) is 23.9 Å². The van der Waals surface area contributed by atoms with Crippen LogP contribution in [0.4, 0.5) is 0 Å². The average Bonchev–Trinajstić information content (AvgIpc) is 3.10. The van der Waals surface area contributed by atoms with Gasteiger partial charge in [0.05, 0.1) is 19.3 Å². The molecule has 6 nitrogen and oxygen atoms in total. The third-order valence-corrected chi connectivity index (χ3v) is 3.92. The maximum Gasteiger partial charge on any atom is 0.231 e. The molecule has 1 aliphatic heterocycles. The van der Waals surface area contributed by atoms with Crippen molar-refractivity contribution < 1.29 is 14.2 Å². The van der Waals surface area contributed by atoms with E-state index in [9.17, 15) is 0 Å². The van der Waals surface area contributed by atoms with Crippen molar-refractivity contribution in [2.24, 2.45) is 0 Å². The van der Waals surface area contributed by atoms with Crippen LogP contribution < -0.4 is 19.5 Å². The first-order valence-electron chi connectivity index (χ1n) is 7.77. The maximum atomic E-state index is 5.46. The monoisotopic (exact) mass is 317 g/mol. The molecule has 124 valence electrons. The molecule has 0 fully saturated rings. The van der Waals surface area contributed by atoms with E-state index < -0.39 is 0 Å². The number of aromatic nitrogens is 2. The summed E-state index contributed by atoms with van der Waals surface area (Å²) in [6, 6.07) is 6.37. The Kier molecular flexibility index (Phi) is 4.43. The van der Waals surface area contributed by atoms with Crippen LogP contribution in [0.2, 0.25) is 0 Å². The Morgan fingerprint density at radius 3 is 2.83 bits per heavy atom. The second-order valence-electron chi connectivity index (χ2n) is 5.92. The predicted octanol–water partition coefficient (Wildman–Crippen LogP) is 2.42. The lowest BCUT2D eigenvalue weighted by molar-refractivity contribution is 0.171. The fourth-order valence-electron chi connectivity index (χ4n) is 2.76. The standard InChI is InChI=1S/C17H23N3O3/c1-11-5-13(3)20(19-11)9-12(2)18-8-14-6-15(21-4)17-16(7-14)22-10-23-17/h5-7,12,18H,8-10H2,1-4H3/t12-/m1/s1. The summed E-state index contributed by atoms with van der Waals surface area (Å²) in [5.74, 6) is 2.14. The number of nitrogens with one attached hydrogen (secondary N) is 1.